The van der Waals surface area contributed by atoms with Gasteiger partial charge >= 0.3 is 0 Å². The molecule has 0 spiro atoms. The van der Waals surface area contributed by atoms with Crippen molar-refractivity contribution in [3.05, 3.63) is 35.4 Å². The maximum atomic E-state index is 4.66. The van der Waals surface area contributed by atoms with Crippen LogP contribution >= 0.6 is 0 Å². The molecule has 0 atom stereocenters. The standard InChI is InChI=1S/C15H20N2/c1-2-8-15(16-9-5-1)17-14-10-12-6-3-4-7-13(12)11-14/h3-4,6-7,14H,1-2,5,8-11H2,(H,16,17). The van der Waals surface area contributed by atoms with Gasteiger partial charge in [0.05, 0.1) is 5.84 Å². The van der Waals surface area contributed by atoms with Crippen LogP contribution in [0.1, 0.15) is 36.8 Å². The molecule has 3 rings (SSSR count). The van der Waals surface area contributed by atoms with E-state index < -0.39 is 0 Å². The van der Waals surface area contributed by atoms with Gasteiger partial charge in [-0.3, -0.25) is 4.99 Å². The van der Waals surface area contributed by atoms with E-state index in [1.165, 1.54) is 36.2 Å². The van der Waals surface area contributed by atoms with Crippen molar-refractivity contribution in [2.45, 2.75) is 44.6 Å². The quantitative estimate of drug-likeness (QED) is 0.785. The van der Waals surface area contributed by atoms with Gasteiger partial charge in [-0.25, -0.2) is 0 Å². The second-order valence-electron chi connectivity index (χ2n) is 5.16. The van der Waals surface area contributed by atoms with Gasteiger partial charge in [-0.05, 0) is 36.8 Å². The molecule has 1 aromatic rings. The fraction of sp³-hybridized carbons (Fsp3) is 0.533. The first-order chi connectivity index (χ1) is 8.42. The SMILES string of the molecule is c1ccc2c(c1)CC(NC1=NCCCCC1)C2. The van der Waals surface area contributed by atoms with E-state index in [4.69, 9.17) is 0 Å². The van der Waals surface area contributed by atoms with E-state index in [0.717, 1.165) is 25.8 Å². The molecule has 1 aliphatic carbocycles. The lowest BCUT2D eigenvalue weighted by Gasteiger charge is -2.14. The van der Waals surface area contributed by atoms with Crippen molar-refractivity contribution < 1.29 is 0 Å². The summed E-state index contributed by atoms with van der Waals surface area (Å²) < 4.78 is 0. The molecule has 0 bridgehead atoms. The summed E-state index contributed by atoms with van der Waals surface area (Å²) in [5, 5.41) is 3.65. The van der Waals surface area contributed by atoms with Gasteiger partial charge < -0.3 is 5.32 Å². The van der Waals surface area contributed by atoms with Crippen LogP contribution in [0.4, 0.5) is 0 Å². The second kappa shape index (κ2) is 4.91. The molecule has 90 valence electrons. The van der Waals surface area contributed by atoms with Gasteiger partial charge in [0.25, 0.3) is 0 Å². The average Bonchev–Trinajstić information content (AvgIpc) is 2.57. The maximum Gasteiger partial charge on any atom is 0.0965 e. The van der Waals surface area contributed by atoms with Crippen LogP contribution in [0.2, 0.25) is 0 Å². The molecule has 1 N–H and O–H groups in total. The van der Waals surface area contributed by atoms with Crippen LogP contribution in [0, 0.1) is 0 Å². The third kappa shape index (κ3) is 2.51. The Morgan fingerprint density at radius 2 is 1.76 bits per heavy atom. The zero-order chi connectivity index (χ0) is 11.5. The van der Waals surface area contributed by atoms with Crippen LogP contribution in [0.15, 0.2) is 29.3 Å². The van der Waals surface area contributed by atoms with Crippen molar-refractivity contribution in [2.24, 2.45) is 4.99 Å². The third-order valence-corrected chi connectivity index (χ3v) is 3.80. The first-order valence-corrected chi connectivity index (χ1v) is 6.78. The van der Waals surface area contributed by atoms with Crippen molar-refractivity contribution in [3.8, 4) is 0 Å². The highest BCUT2D eigenvalue weighted by molar-refractivity contribution is 5.82. The van der Waals surface area contributed by atoms with Crippen LogP contribution < -0.4 is 5.32 Å². The van der Waals surface area contributed by atoms with Gasteiger partial charge in [-0.1, -0.05) is 30.7 Å². The highest BCUT2D eigenvalue weighted by atomic mass is 15.0. The van der Waals surface area contributed by atoms with Crippen LogP contribution in [-0.2, 0) is 12.8 Å². The Labute approximate surface area is 103 Å². The third-order valence-electron chi connectivity index (χ3n) is 3.80. The van der Waals surface area contributed by atoms with E-state index in [-0.39, 0.29) is 0 Å². The minimum Gasteiger partial charge on any atom is -0.370 e. The Balaban J connectivity index is 1.63. The number of hydrogen-bond acceptors (Lipinski definition) is 2. The normalized spacial score (nSPS) is 20.6. The van der Waals surface area contributed by atoms with Crippen LogP contribution in [0.25, 0.3) is 0 Å². The lowest BCUT2D eigenvalue weighted by atomic mass is 10.1. The van der Waals surface area contributed by atoms with Crippen LogP contribution in [-0.4, -0.2) is 18.4 Å². The Morgan fingerprint density at radius 1 is 1.00 bits per heavy atom. The molecule has 0 saturated heterocycles. The second-order valence-corrected chi connectivity index (χ2v) is 5.16. The number of benzene rings is 1. The van der Waals surface area contributed by atoms with Gasteiger partial charge in [0.1, 0.15) is 0 Å². The Hall–Kier alpha value is -1.31. The first kappa shape index (κ1) is 10.8. The minimum absolute atomic E-state index is 0.573. The summed E-state index contributed by atoms with van der Waals surface area (Å²) >= 11 is 0. The van der Waals surface area contributed by atoms with Crippen molar-refractivity contribution in [2.75, 3.05) is 6.54 Å². The summed E-state index contributed by atoms with van der Waals surface area (Å²) in [4.78, 5) is 4.66. The summed E-state index contributed by atoms with van der Waals surface area (Å²) in [7, 11) is 0. The summed E-state index contributed by atoms with van der Waals surface area (Å²) in [5.41, 5.74) is 3.03. The summed E-state index contributed by atoms with van der Waals surface area (Å²) in [5.74, 6) is 1.25. The number of nitrogens with one attached hydrogen (secondary N) is 1. The molecule has 1 aliphatic heterocycles. The molecular formula is C15H20N2. The number of nitrogens with zero attached hydrogens (tertiary/aromatic N) is 1. The molecule has 2 nitrogen and oxygen atoms in total. The van der Waals surface area contributed by atoms with E-state index in [1.54, 1.807) is 0 Å². The number of hydrogen-bond donors (Lipinski definition) is 1. The number of aliphatic imine (C=N–C) groups is 1. The van der Waals surface area contributed by atoms with Crippen molar-refractivity contribution in [1.29, 1.82) is 0 Å². The Morgan fingerprint density at radius 3 is 2.53 bits per heavy atom. The van der Waals surface area contributed by atoms with Gasteiger partial charge in [-0.2, -0.15) is 0 Å². The van der Waals surface area contributed by atoms with Crippen molar-refractivity contribution >= 4 is 5.84 Å². The van der Waals surface area contributed by atoms with E-state index in [1.807, 2.05) is 0 Å². The fourth-order valence-electron chi connectivity index (χ4n) is 2.89. The monoisotopic (exact) mass is 228 g/mol. The Bertz CT molecular complexity index is 398. The first-order valence-electron chi connectivity index (χ1n) is 6.78. The molecule has 0 radical (unpaired) electrons. The molecule has 0 unspecified atom stereocenters. The lowest BCUT2D eigenvalue weighted by Crippen LogP contribution is -2.35. The Kier molecular flexibility index (Phi) is 3.12. The number of amidine groups is 1. The van der Waals surface area contributed by atoms with Crippen molar-refractivity contribution in [3.63, 3.8) is 0 Å². The van der Waals surface area contributed by atoms with E-state index in [2.05, 4.69) is 34.6 Å². The molecule has 1 aromatic carbocycles. The predicted octanol–water partition coefficient (Wildman–Crippen LogP) is 2.72. The number of rotatable bonds is 1. The molecule has 0 aromatic heterocycles. The maximum absolute atomic E-state index is 4.66. The highest BCUT2D eigenvalue weighted by Crippen LogP contribution is 2.22. The highest BCUT2D eigenvalue weighted by Gasteiger charge is 2.21. The molecule has 17 heavy (non-hydrogen) atoms. The van der Waals surface area contributed by atoms with Crippen molar-refractivity contribution in [1.82, 2.24) is 5.32 Å². The van der Waals surface area contributed by atoms with Gasteiger partial charge in [0.2, 0.25) is 0 Å². The predicted molar refractivity (Wildman–Crippen MR) is 71.5 cm³/mol. The lowest BCUT2D eigenvalue weighted by molar-refractivity contribution is 0.632. The molecule has 2 heteroatoms. The molecule has 2 aliphatic rings. The zero-order valence-corrected chi connectivity index (χ0v) is 10.3. The van der Waals surface area contributed by atoms with E-state index in [9.17, 15) is 0 Å². The zero-order valence-electron chi connectivity index (χ0n) is 10.3. The van der Waals surface area contributed by atoms with Gasteiger partial charge in [0, 0.05) is 19.0 Å². The van der Waals surface area contributed by atoms with Gasteiger partial charge in [-0.15, -0.1) is 0 Å². The van der Waals surface area contributed by atoms with Crippen LogP contribution in [0.3, 0.4) is 0 Å². The van der Waals surface area contributed by atoms with Gasteiger partial charge in [0.15, 0.2) is 0 Å². The van der Waals surface area contributed by atoms with Crippen LogP contribution in [0.5, 0.6) is 0 Å². The molecule has 0 fully saturated rings. The van der Waals surface area contributed by atoms with E-state index in [0.29, 0.717) is 6.04 Å². The molecule has 0 saturated carbocycles. The number of fused-ring (bicyclic) bond motifs is 1. The van der Waals surface area contributed by atoms with E-state index >= 15 is 0 Å². The largest absolute Gasteiger partial charge is 0.370 e. The molecular weight excluding hydrogens is 208 g/mol. The minimum atomic E-state index is 0.573. The average molecular weight is 228 g/mol. The topological polar surface area (TPSA) is 24.4 Å². The molecule has 1 heterocycles. The fourth-order valence-corrected chi connectivity index (χ4v) is 2.89. The summed E-state index contributed by atoms with van der Waals surface area (Å²) in [6.45, 7) is 1.02. The smallest absolute Gasteiger partial charge is 0.0965 e. The summed E-state index contributed by atoms with van der Waals surface area (Å²) in [6.07, 6.45) is 7.36. The summed E-state index contributed by atoms with van der Waals surface area (Å²) in [6, 6.07) is 9.37. The molecule has 0 amide bonds.